The van der Waals surface area contributed by atoms with Gasteiger partial charge in [0.2, 0.25) is 0 Å². The highest BCUT2D eigenvalue weighted by Crippen LogP contribution is 1.38. The van der Waals surface area contributed by atoms with Gasteiger partial charge in [-0.3, -0.25) is 0 Å². The predicted octanol–water partition coefficient (Wildman–Crippen LogP) is -2.65. The van der Waals surface area contributed by atoms with E-state index in [1.165, 1.54) is 7.05 Å². The van der Waals surface area contributed by atoms with Crippen molar-refractivity contribution >= 4 is 0 Å². The van der Waals surface area contributed by atoms with Gasteiger partial charge < -0.3 is 10.6 Å². The molecule has 2 atom stereocenters. The van der Waals surface area contributed by atoms with Gasteiger partial charge in [-0.1, -0.05) is 0 Å². The first kappa shape index (κ1) is 6.84. The van der Waals surface area contributed by atoms with Crippen LogP contribution in [0.2, 0.25) is 0 Å². The summed E-state index contributed by atoms with van der Waals surface area (Å²) in [5.41, 5.74) is 3.66. The molecule has 2 unspecified atom stereocenters. The molecule has 0 aromatic rings. The topological polar surface area (TPSA) is 46.0 Å². The summed E-state index contributed by atoms with van der Waals surface area (Å²) in [4.78, 5) is 0. The minimum atomic E-state index is 0.0440. The SMILES string of the molecule is C[N-][NH+](C)[NH+](C)[O-]. The second-order valence-corrected chi connectivity index (χ2v) is 1.37. The smallest absolute Gasteiger partial charge is 0.109 e. The summed E-state index contributed by atoms with van der Waals surface area (Å²) >= 11 is 0. The minimum absolute atomic E-state index is 0.0440. The first-order valence-electron chi connectivity index (χ1n) is 2.12. The molecule has 0 fully saturated rings. The highest BCUT2D eigenvalue weighted by atomic mass is 16.6. The summed E-state index contributed by atoms with van der Waals surface area (Å²) in [5.74, 6) is 0. The van der Waals surface area contributed by atoms with Crippen molar-refractivity contribution in [2.24, 2.45) is 0 Å². The van der Waals surface area contributed by atoms with E-state index in [1.54, 1.807) is 14.1 Å². The van der Waals surface area contributed by atoms with Gasteiger partial charge in [0.05, 0.1) is 0 Å². The van der Waals surface area contributed by atoms with Crippen molar-refractivity contribution in [2.75, 3.05) is 21.1 Å². The molecule has 4 heteroatoms. The first-order valence-corrected chi connectivity index (χ1v) is 2.12. The van der Waals surface area contributed by atoms with Gasteiger partial charge in [-0.2, -0.15) is 0 Å². The molecular weight excluding hydrogens is 94.1 g/mol. The molecular formula is C3H11N3O. The number of quaternary nitrogens is 2. The third kappa shape index (κ3) is 2.52. The first-order chi connectivity index (χ1) is 3.18. The summed E-state index contributed by atoms with van der Waals surface area (Å²) < 4.78 is 0. The predicted molar refractivity (Wildman–Crippen MR) is 26.4 cm³/mol. The maximum atomic E-state index is 10.2. The number of hydrogen-bond acceptors (Lipinski definition) is 1. The van der Waals surface area contributed by atoms with Crippen LogP contribution in [0, 0.1) is 5.21 Å². The maximum Gasteiger partial charge on any atom is 0.109 e. The number of hydroxylamine groups is 1. The third-order valence-corrected chi connectivity index (χ3v) is 0.845. The van der Waals surface area contributed by atoms with Crippen LogP contribution >= 0.6 is 0 Å². The molecule has 0 amide bonds. The average molecular weight is 105 g/mol. The summed E-state index contributed by atoms with van der Waals surface area (Å²) in [6.07, 6.45) is 0. The van der Waals surface area contributed by atoms with E-state index in [4.69, 9.17) is 0 Å². The molecule has 0 aliphatic rings. The Labute approximate surface area is 43.2 Å². The van der Waals surface area contributed by atoms with Gasteiger partial charge in [-0.15, -0.1) is 7.05 Å². The average Bonchev–Trinajstić information content (AvgIpc) is 1.65. The Morgan fingerprint density at radius 2 is 1.86 bits per heavy atom. The van der Waals surface area contributed by atoms with Crippen molar-refractivity contribution in [3.8, 4) is 0 Å². The second-order valence-electron chi connectivity index (χ2n) is 1.37. The van der Waals surface area contributed by atoms with Crippen LogP contribution in [-0.4, -0.2) is 21.1 Å². The van der Waals surface area contributed by atoms with Gasteiger partial charge >= 0.3 is 0 Å². The third-order valence-electron chi connectivity index (χ3n) is 0.845. The molecule has 2 N–H and O–H groups in total. The second kappa shape index (κ2) is 2.92. The Hall–Kier alpha value is -0.160. The van der Waals surface area contributed by atoms with E-state index in [-0.39, 0.29) is 5.17 Å². The van der Waals surface area contributed by atoms with Crippen LogP contribution in [0.3, 0.4) is 0 Å². The molecule has 4 nitrogen and oxygen atoms in total. The van der Waals surface area contributed by atoms with Gasteiger partial charge in [-0.25, -0.2) is 10.3 Å². The van der Waals surface area contributed by atoms with Gasteiger partial charge in [0.15, 0.2) is 0 Å². The quantitative estimate of drug-likeness (QED) is 0.370. The molecule has 0 spiro atoms. The molecule has 44 valence electrons. The van der Waals surface area contributed by atoms with Gasteiger partial charge in [0.25, 0.3) is 0 Å². The van der Waals surface area contributed by atoms with Crippen LogP contribution in [-0.2, 0) is 0 Å². The van der Waals surface area contributed by atoms with Crippen molar-refractivity contribution in [1.82, 2.24) is 0 Å². The Kier molecular flexibility index (Phi) is 2.86. The van der Waals surface area contributed by atoms with E-state index in [0.29, 0.717) is 5.12 Å². The van der Waals surface area contributed by atoms with Crippen molar-refractivity contribution in [2.45, 2.75) is 0 Å². The van der Waals surface area contributed by atoms with Crippen molar-refractivity contribution in [3.05, 3.63) is 10.6 Å². The molecule has 0 aliphatic carbocycles. The Bertz CT molecular complexity index is 47.4. The lowest BCUT2D eigenvalue weighted by molar-refractivity contribution is -1.45. The molecule has 7 heavy (non-hydrogen) atoms. The van der Waals surface area contributed by atoms with E-state index < -0.39 is 0 Å². The molecule has 0 radical (unpaired) electrons. The Morgan fingerprint density at radius 1 is 1.43 bits per heavy atom. The van der Waals surface area contributed by atoms with E-state index in [1.807, 2.05) is 0 Å². The largest absolute Gasteiger partial charge is 0.585 e. The monoisotopic (exact) mass is 105 g/mol. The van der Waals surface area contributed by atoms with E-state index in [0.717, 1.165) is 0 Å². The van der Waals surface area contributed by atoms with E-state index in [9.17, 15) is 5.21 Å². The van der Waals surface area contributed by atoms with Crippen molar-refractivity contribution in [3.63, 3.8) is 0 Å². The molecule has 0 aromatic carbocycles. The lowest BCUT2D eigenvalue weighted by Gasteiger charge is -2.30. The van der Waals surface area contributed by atoms with Crippen LogP contribution in [0.25, 0.3) is 5.43 Å². The van der Waals surface area contributed by atoms with Crippen LogP contribution in [0.5, 0.6) is 0 Å². The van der Waals surface area contributed by atoms with Crippen LogP contribution in [0.15, 0.2) is 0 Å². The number of nitrogens with zero attached hydrogens (tertiary/aromatic N) is 1. The fraction of sp³-hybridized carbons (Fsp3) is 1.00. The highest BCUT2D eigenvalue weighted by Gasteiger charge is 1.84. The fourth-order valence-corrected chi connectivity index (χ4v) is 0.157. The van der Waals surface area contributed by atoms with Crippen LogP contribution in [0.1, 0.15) is 0 Å². The summed E-state index contributed by atoms with van der Waals surface area (Å²) in [6, 6.07) is 0. The minimum Gasteiger partial charge on any atom is -0.585 e. The molecule has 0 bridgehead atoms. The molecule has 0 heterocycles. The van der Waals surface area contributed by atoms with Crippen molar-refractivity contribution in [1.29, 1.82) is 0 Å². The van der Waals surface area contributed by atoms with E-state index in [2.05, 4.69) is 5.43 Å². The van der Waals surface area contributed by atoms with Crippen LogP contribution in [0.4, 0.5) is 0 Å². The molecule has 0 saturated carbocycles. The summed E-state index contributed by atoms with van der Waals surface area (Å²) in [5, 5.41) is 10.9. The lowest BCUT2D eigenvalue weighted by atomic mass is 11.2. The number of nitrogens with one attached hydrogen (secondary N) is 2. The maximum absolute atomic E-state index is 10.2. The van der Waals surface area contributed by atoms with Gasteiger partial charge in [0, 0.05) is 0 Å². The Balaban J connectivity index is 3.14. The zero-order chi connectivity index (χ0) is 5.86. The lowest BCUT2D eigenvalue weighted by Crippen LogP contribution is -3.53. The molecule has 0 aromatic heterocycles. The summed E-state index contributed by atoms with van der Waals surface area (Å²) in [7, 11) is 4.81. The number of hydrogen-bond donors (Lipinski definition) is 2. The Morgan fingerprint density at radius 3 is 1.86 bits per heavy atom. The zero-order valence-corrected chi connectivity index (χ0v) is 4.86. The van der Waals surface area contributed by atoms with Gasteiger partial charge in [-0.05, 0) is 0 Å². The molecule has 0 rings (SSSR count). The molecule has 0 saturated heterocycles. The summed E-state index contributed by atoms with van der Waals surface area (Å²) in [6.45, 7) is 0. The fourth-order valence-electron chi connectivity index (χ4n) is 0.157. The van der Waals surface area contributed by atoms with E-state index >= 15 is 0 Å². The normalized spacial score (nSPS) is 18.9. The van der Waals surface area contributed by atoms with Crippen LogP contribution < -0.4 is 10.3 Å². The van der Waals surface area contributed by atoms with Crippen molar-refractivity contribution < 1.29 is 10.3 Å². The van der Waals surface area contributed by atoms with Gasteiger partial charge in [0.1, 0.15) is 14.1 Å². The number of rotatable bonds is 2. The standard InChI is InChI=1S/C3H11N3O/c1-4-5(2)6(3)7/h5-6H,1-3H3. The highest BCUT2D eigenvalue weighted by molar-refractivity contribution is 4.31. The molecule has 0 aliphatic heterocycles. The zero-order valence-electron chi connectivity index (χ0n) is 4.86.